The molecule has 7 nitrogen and oxygen atoms in total. The SMILES string of the molecule is Cc1cc(I)ccc1NC(=O)COC(=O)c1ccc([N+](=O)[O-])cc1Cl. The van der Waals surface area contributed by atoms with E-state index in [1.54, 1.807) is 6.07 Å². The van der Waals surface area contributed by atoms with Crippen molar-refractivity contribution in [2.75, 3.05) is 11.9 Å². The number of nitro benzene ring substituents is 1. The highest BCUT2D eigenvalue weighted by Crippen LogP contribution is 2.23. The third-order valence-corrected chi connectivity index (χ3v) is 4.16. The number of ether oxygens (including phenoxy) is 1. The molecule has 0 aliphatic rings. The second-order valence-corrected chi connectivity index (χ2v) is 6.66. The number of nitrogens with one attached hydrogen (secondary N) is 1. The molecule has 25 heavy (non-hydrogen) atoms. The van der Waals surface area contributed by atoms with Crippen LogP contribution in [0.25, 0.3) is 0 Å². The molecule has 130 valence electrons. The number of benzene rings is 2. The van der Waals surface area contributed by atoms with E-state index >= 15 is 0 Å². The van der Waals surface area contributed by atoms with E-state index in [1.807, 2.05) is 19.1 Å². The van der Waals surface area contributed by atoms with Gasteiger partial charge in [0, 0.05) is 21.4 Å². The largest absolute Gasteiger partial charge is 0.452 e. The van der Waals surface area contributed by atoms with Crippen LogP contribution in [0, 0.1) is 20.6 Å². The van der Waals surface area contributed by atoms with Gasteiger partial charge in [0.2, 0.25) is 0 Å². The predicted octanol–water partition coefficient (Wildman–Crippen LogP) is 3.96. The molecule has 1 amide bonds. The van der Waals surface area contributed by atoms with E-state index < -0.39 is 23.4 Å². The number of anilines is 1. The van der Waals surface area contributed by atoms with Gasteiger partial charge in [-0.1, -0.05) is 11.6 Å². The summed E-state index contributed by atoms with van der Waals surface area (Å²) in [4.78, 5) is 33.9. The van der Waals surface area contributed by atoms with Gasteiger partial charge in [0.25, 0.3) is 11.6 Å². The van der Waals surface area contributed by atoms with Crippen molar-refractivity contribution in [2.45, 2.75) is 6.92 Å². The van der Waals surface area contributed by atoms with Gasteiger partial charge in [0.15, 0.2) is 6.61 Å². The Morgan fingerprint density at radius 1 is 1.28 bits per heavy atom. The molecule has 0 heterocycles. The van der Waals surface area contributed by atoms with E-state index in [0.29, 0.717) is 5.69 Å². The zero-order valence-corrected chi connectivity index (χ0v) is 15.8. The van der Waals surface area contributed by atoms with Gasteiger partial charge in [-0.15, -0.1) is 0 Å². The topological polar surface area (TPSA) is 98.5 Å². The first-order chi connectivity index (χ1) is 11.8. The van der Waals surface area contributed by atoms with Gasteiger partial charge in [-0.25, -0.2) is 4.79 Å². The van der Waals surface area contributed by atoms with Crippen LogP contribution in [-0.4, -0.2) is 23.4 Å². The van der Waals surface area contributed by atoms with Crippen LogP contribution < -0.4 is 5.32 Å². The number of non-ortho nitro benzene ring substituents is 1. The molecule has 1 N–H and O–H groups in total. The van der Waals surface area contributed by atoms with Gasteiger partial charge in [0.05, 0.1) is 15.5 Å². The molecule has 0 bridgehead atoms. The zero-order chi connectivity index (χ0) is 18.6. The normalized spacial score (nSPS) is 10.2. The number of amides is 1. The molecule has 0 aliphatic carbocycles. The molecule has 9 heteroatoms. The first-order valence-electron chi connectivity index (χ1n) is 6.95. The number of nitrogens with zero attached hydrogens (tertiary/aromatic N) is 1. The summed E-state index contributed by atoms with van der Waals surface area (Å²) < 4.78 is 5.93. The number of rotatable bonds is 5. The molecule has 0 saturated heterocycles. The van der Waals surface area contributed by atoms with Gasteiger partial charge in [0.1, 0.15) is 0 Å². The molecule has 2 rings (SSSR count). The summed E-state index contributed by atoms with van der Waals surface area (Å²) in [6, 6.07) is 8.86. The summed E-state index contributed by atoms with van der Waals surface area (Å²) in [5.41, 5.74) is 1.21. The van der Waals surface area contributed by atoms with Gasteiger partial charge >= 0.3 is 5.97 Å². The van der Waals surface area contributed by atoms with Gasteiger partial charge < -0.3 is 10.1 Å². The Kier molecular flexibility index (Phi) is 6.32. The summed E-state index contributed by atoms with van der Waals surface area (Å²) in [5, 5.41) is 13.2. The van der Waals surface area contributed by atoms with Crippen molar-refractivity contribution in [3.8, 4) is 0 Å². The molecule has 0 spiro atoms. The number of aryl methyl sites for hydroxylation is 1. The first-order valence-corrected chi connectivity index (χ1v) is 8.40. The second kappa shape index (κ2) is 8.26. The minimum absolute atomic E-state index is 0.0505. The van der Waals surface area contributed by atoms with Crippen molar-refractivity contribution >= 4 is 57.4 Å². The maximum absolute atomic E-state index is 12.0. The maximum Gasteiger partial charge on any atom is 0.340 e. The van der Waals surface area contributed by atoms with E-state index in [0.717, 1.165) is 21.3 Å². The van der Waals surface area contributed by atoms with E-state index in [9.17, 15) is 19.7 Å². The number of halogens is 2. The second-order valence-electron chi connectivity index (χ2n) is 5.00. The van der Waals surface area contributed by atoms with Crippen LogP contribution in [0.5, 0.6) is 0 Å². The summed E-state index contributed by atoms with van der Waals surface area (Å²) in [5.74, 6) is -1.34. The molecule has 0 radical (unpaired) electrons. The molecular formula is C16H12ClIN2O5. The lowest BCUT2D eigenvalue weighted by Crippen LogP contribution is -2.21. The smallest absolute Gasteiger partial charge is 0.340 e. The van der Waals surface area contributed by atoms with Crippen LogP contribution in [0.15, 0.2) is 36.4 Å². The number of carbonyl (C=O) groups is 2. The number of carbonyl (C=O) groups excluding carboxylic acids is 2. The summed E-state index contributed by atoms with van der Waals surface area (Å²) in [6.45, 7) is 1.35. The molecule has 0 aromatic heterocycles. The molecule has 0 fully saturated rings. The van der Waals surface area contributed by atoms with Gasteiger partial charge in [-0.3, -0.25) is 14.9 Å². The average Bonchev–Trinajstić information content (AvgIpc) is 2.55. The van der Waals surface area contributed by atoms with E-state index in [-0.39, 0.29) is 16.3 Å². The Morgan fingerprint density at radius 3 is 2.60 bits per heavy atom. The third kappa shape index (κ3) is 5.13. The lowest BCUT2D eigenvalue weighted by atomic mass is 10.2. The number of hydrogen-bond acceptors (Lipinski definition) is 5. The zero-order valence-electron chi connectivity index (χ0n) is 12.9. The molecular weight excluding hydrogens is 463 g/mol. The minimum atomic E-state index is -0.839. The molecule has 0 atom stereocenters. The lowest BCUT2D eigenvalue weighted by molar-refractivity contribution is -0.384. The lowest BCUT2D eigenvalue weighted by Gasteiger charge is -2.09. The quantitative estimate of drug-likeness (QED) is 0.306. The third-order valence-electron chi connectivity index (χ3n) is 3.18. The highest BCUT2D eigenvalue weighted by atomic mass is 127. The first kappa shape index (κ1) is 19.1. The van der Waals surface area contributed by atoms with Crippen molar-refractivity contribution in [1.29, 1.82) is 0 Å². The fraction of sp³-hybridized carbons (Fsp3) is 0.125. The van der Waals surface area contributed by atoms with Crippen molar-refractivity contribution in [3.05, 3.63) is 66.2 Å². The monoisotopic (exact) mass is 474 g/mol. The van der Waals surface area contributed by atoms with Crippen molar-refractivity contribution < 1.29 is 19.2 Å². The number of hydrogen-bond donors (Lipinski definition) is 1. The van der Waals surface area contributed by atoms with Crippen LogP contribution in [0.4, 0.5) is 11.4 Å². The Hall–Kier alpha value is -2.20. The van der Waals surface area contributed by atoms with Gasteiger partial charge in [-0.2, -0.15) is 0 Å². The van der Waals surface area contributed by atoms with Crippen molar-refractivity contribution in [3.63, 3.8) is 0 Å². The summed E-state index contributed by atoms with van der Waals surface area (Å²) in [7, 11) is 0. The van der Waals surface area contributed by atoms with Crippen molar-refractivity contribution in [1.82, 2.24) is 0 Å². The van der Waals surface area contributed by atoms with Gasteiger partial charge in [-0.05, 0) is 59.3 Å². The van der Waals surface area contributed by atoms with Crippen LogP contribution in [0.1, 0.15) is 15.9 Å². The fourth-order valence-electron chi connectivity index (χ4n) is 1.95. The Labute approximate surface area is 161 Å². The maximum atomic E-state index is 12.0. The predicted molar refractivity (Wildman–Crippen MR) is 101 cm³/mol. The molecule has 0 unspecified atom stereocenters. The molecule has 2 aromatic carbocycles. The van der Waals surface area contributed by atoms with E-state index in [1.165, 1.54) is 6.07 Å². The molecule has 2 aromatic rings. The minimum Gasteiger partial charge on any atom is -0.452 e. The number of esters is 1. The number of nitro groups is 1. The Bertz CT molecular complexity index is 856. The Morgan fingerprint density at radius 2 is 2.00 bits per heavy atom. The van der Waals surface area contributed by atoms with Crippen LogP contribution in [0.3, 0.4) is 0 Å². The fourth-order valence-corrected chi connectivity index (χ4v) is 2.84. The average molecular weight is 475 g/mol. The summed E-state index contributed by atoms with van der Waals surface area (Å²) in [6.07, 6.45) is 0. The summed E-state index contributed by atoms with van der Waals surface area (Å²) >= 11 is 8.00. The molecule has 0 saturated carbocycles. The van der Waals surface area contributed by atoms with Crippen LogP contribution in [0.2, 0.25) is 5.02 Å². The molecule has 0 aliphatic heterocycles. The van der Waals surface area contributed by atoms with Crippen LogP contribution in [-0.2, 0) is 9.53 Å². The Balaban J connectivity index is 1.97. The van der Waals surface area contributed by atoms with Crippen LogP contribution >= 0.6 is 34.2 Å². The highest BCUT2D eigenvalue weighted by molar-refractivity contribution is 14.1. The highest BCUT2D eigenvalue weighted by Gasteiger charge is 2.17. The van der Waals surface area contributed by atoms with Crippen molar-refractivity contribution in [2.24, 2.45) is 0 Å². The van der Waals surface area contributed by atoms with E-state index in [4.69, 9.17) is 16.3 Å². The van der Waals surface area contributed by atoms with E-state index in [2.05, 4.69) is 27.9 Å². The standard InChI is InChI=1S/C16H12ClIN2O5/c1-9-6-10(18)2-5-14(9)19-15(21)8-25-16(22)12-4-3-11(20(23)24)7-13(12)17/h2-7H,8H2,1H3,(H,19,21).